The fraction of sp³-hybridized carbons (Fsp3) is 0.739. The van der Waals surface area contributed by atoms with Gasteiger partial charge in [0, 0.05) is 30.4 Å². The van der Waals surface area contributed by atoms with Gasteiger partial charge < -0.3 is 15.0 Å². The fourth-order valence-electron chi connectivity index (χ4n) is 4.22. The molecule has 1 heterocycles. The summed E-state index contributed by atoms with van der Waals surface area (Å²) in [6.45, 7) is 13.6. The van der Waals surface area contributed by atoms with Gasteiger partial charge in [0.1, 0.15) is 11.9 Å². The number of nitrogens with zero attached hydrogens (tertiary/aromatic N) is 1. The topological polar surface area (TPSA) is 70.7 Å². The predicted molar refractivity (Wildman–Crippen MR) is 125 cm³/mol. The largest absolute Gasteiger partial charge is 0.487 e. The molecule has 2 aliphatic rings. The summed E-state index contributed by atoms with van der Waals surface area (Å²) in [5.41, 5.74) is 2.25. The zero-order valence-electron chi connectivity index (χ0n) is 19.4. The minimum Gasteiger partial charge on any atom is -0.487 e. The van der Waals surface area contributed by atoms with Crippen molar-refractivity contribution in [3.05, 3.63) is 18.2 Å². The van der Waals surface area contributed by atoms with Crippen LogP contribution in [0.25, 0.3) is 0 Å². The Hall–Kier alpha value is -1.47. The highest BCUT2D eigenvalue weighted by Gasteiger charge is 2.33. The first-order valence-electron chi connectivity index (χ1n) is 11.3. The number of sulfonamides is 1. The SMILES string of the molecule is CC1CN(C(C)C)c2ccc(NCC3CCC(NS(=O)(=O)C(C)(C)C)CC3)cc2O1. The Labute approximate surface area is 182 Å². The molecule has 1 aliphatic carbocycles. The third-order valence-corrected chi connectivity index (χ3v) is 8.50. The molecular weight excluding hydrogens is 398 g/mol. The van der Waals surface area contributed by atoms with Crippen molar-refractivity contribution in [1.29, 1.82) is 0 Å². The van der Waals surface area contributed by atoms with Gasteiger partial charge in [0.25, 0.3) is 0 Å². The van der Waals surface area contributed by atoms with E-state index >= 15 is 0 Å². The van der Waals surface area contributed by atoms with Crippen LogP contribution in [-0.4, -0.2) is 44.4 Å². The van der Waals surface area contributed by atoms with E-state index in [0.29, 0.717) is 12.0 Å². The lowest BCUT2D eigenvalue weighted by Gasteiger charge is -2.38. The van der Waals surface area contributed by atoms with Gasteiger partial charge in [-0.2, -0.15) is 0 Å². The lowest BCUT2D eigenvalue weighted by atomic mass is 9.86. The molecular formula is C23H39N3O3S. The van der Waals surface area contributed by atoms with Gasteiger partial charge in [0.05, 0.1) is 17.0 Å². The number of anilines is 2. The molecule has 7 heteroatoms. The minimum absolute atomic E-state index is 0.0612. The molecule has 1 atom stereocenters. The molecule has 0 amide bonds. The maximum Gasteiger partial charge on any atom is 0.216 e. The minimum atomic E-state index is -3.28. The van der Waals surface area contributed by atoms with Gasteiger partial charge in [-0.15, -0.1) is 0 Å². The number of hydrogen-bond acceptors (Lipinski definition) is 5. The van der Waals surface area contributed by atoms with E-state index in [9.17, 15) is 8.42 Å². The molecule has 170 valence electrons. The summed E-state index contributed by atoms with van der Waals surface area (Å²) in [7, 11) is -3.28. The average Bonchev–Trinajstić information content (AvgIpc) is 2.65. The molecule has 0 radical (unpaired) electrons. The second-order valence-corrected chi connectivity index (χ2v) is 12.7. The number of hydrogen-bond donors (Lipinski definition) is 2. The average molecular weight is 438 g/mol. The molecule has 0 aromatic heterocycles. The van der Waals surface area contributed by atoms with Crippen molar-refractivity contribution in [2.45, 2.75) is 90.2 Å². The summed E-state index contributed by atoms with van der Waals surface area (Å²) >= 11 is 0. The van der Waals surface area contributed by atoms with Crippen LogP contribution in [0.3, 0.4) is 0 Å². The molecule has 2 N–H and O–H groups in total. The maximum absolute atomic E-state index is 12.4. The monoisotopic (exact) mass is 437 g/mol. The lowest BCUT2D eigenvalue weighted by molar-refractivity contribution is 0.209. The highest BCUT2D eigenvalue weighted by Crippen LogP contribution is 2.37. The third-order valence-electron chi connectivity index (χ3n) is 6.24. The van der Waals surface area contributed by atoms with E-state index in [1.165, 1.54) is 5.69 Å². The van der Waals surface area contributed by atoms with Gasteiger partial charge in [-0.25, -0.2) is 13.1 Å². The molecule has 6 nitrogen and oxygen atoms in total. The van der Waals surface area contributed by atoms with Gasteiger partial charge in [0.2, 0.25) is 10.0 Å². The Kier molecular flexibility index (Phi) is 6.92. The number of ether oxygens (including phenoxy) is 1. The Bertz CT molecular complexity index is 825. The van der Waals surface area contributed by atoms with Crippen LogP contribution >= 0.6 is 0 Å². The van der Waals surface area contributed by atoms with Crippen LogP contribution < -0.4 is 19.7 Å². The normalized spacial score (nSPS) is 25.0. The van der Waals surface area contributed by atoms with Gasteiger partial charge in [-0.1, -0.05) is 0 Å². The summed E-state index contributed by atoms with van der Waals surface area (Å²) in [6, 6.07) is 6.91. The van der Waals surface area contributed by atoms with Crippen molar-refractivity contribution in [2.75, 3.05) is 23.3 Å². The summed E-state index contributed by atoms with van der Waals surface area (Å²) < 4.78 is 33.0. The molecule has 0 saturated heterocycles. The highest BCUT2D eigenvalue weighted by molar-refractivity contribution is 7.90. The van der Waals surface area contributed by atoms with E-state index in [2.05, 4.69) is 53.9 Å². The molecule has 1 fully saturated rings. The molecule has 0 bridgehead atoms. The fourth-order valence-corrected chi connectivity index (χ4v) is 5.25. The second-order valence-electron chi connectivity index (χ2n) is 10.2. The Morgan fingerprint density at radius 3 is 2.43 bits per heavy atom. The van der Waals surface area contributed by atoms with Crippen LogP contribution in [0, 0.1) is 5.92 Å². The summed E-state index contributed by atoms with van der Waals surface area (Å²) in [6.07, 6.45) is 4.04. The quantitative estimate of drug-likeness (QED) is 0.691. The Morgan fingerprint density at radius 2 is 1.83 bits per heavy atom. The first-order chi connectivity index (χ1) is 14.0. The zero-order valence-corrected chi connectivity index (χ0v) is 20.2. The first kappa shape index (κ1) is 23.2. The molecule has 30 heavy (non-hydrogen) atoms. The van der Waals surface area contributed by atoms with Crippen molar-refractivity contribution < 1.29 is 13.2 Å². The van der Waals surface area contributed by atoms with Crippen LogP contribution in [0.15, 0.2) is 18.2 Å². The molecule has 1 aliphatic heterocycles. The van der Waals surface area contributed by atoms with E-state index in [1.54, 1.807) is 20.8 Å². The number of fused-ring (bicyclic) bond motifs is 1. The van der Waals surface area contributed by atoms with Crippen molar-refractivity contribution in [3.8, 4) is 5.75 Å². The lowest BCUT2D eigenvalue weighted by Crippen LogP contribution is -2.46. The third kappa shape index (κ3) is 5.41. The summed E-state index contributed by atoms with van der Waals surface area (Å²) in [5.74, 6) is 1.51. The molecule has 1 saturated carbocycles. The smallest absolute Gasteiger partial charge is 0.216 e. The van der Waals surface area contributed by atoms with Gasteiger partial charge in [-0.05, 0) is 85.3 Å². The van der Waals surface area contributed by atoms with Crippen molar-refractivity contribution >= 4 is 21.4 Å². The van der Waals surface area contributed by atoms with Crippen LogP contribution in [0.1, 0.15) is 67.2 Å². The van der Waals surface area contributed by atoms with Crippen molar-refractivity contribution in [1.82, 2.24) is 4.72 Å². The van der Waals surface area contributed by atoms with Crippen LogP contribution in [0.4, 0.5) is 11.4 Å². The van der Waals surface area contributed by atoms with E-state index in [0.717, 1.165) is 50.2 Å². The standard InChI is InChI=1S/C23H39N3O3S/c1-16(2)26-15-17(3)29-22-13-20(11-12-21(22)26)24-14-18-7-9-19(10-8-18)25-30(27,28)23(4,5)6/h11-13,16-19,24-25H,7-10,14-15H2,1-6H3. The van der Waals surface area contributed by atoms with E-state index in [-0.39, 0.29) is 12.1 Å². The van der Waals surface area contributed by atoms with Gasteiger partial charge in [0.15, 0.2) is 0 Å². The predicted octanol–water partition coefficient (Wildman–Crippen LogP) is 4.37. The summed E-state index contributed by atoms with van der Waals surface area (Å²) in [4.78, 5) is 2.40. The number of rotatable bonds is 6. The van der Waals surface area contributed by atoms with Crippen LogP contribution in [-0.2, 0) is 10.0 Å². The number of benzene rings is 1. The van der Waals surface area contributed by atoms with Gasteiger partial charge in [-0.3, -0.25) is 0 Å². The van der Waals surface area contributed by atoms with E-state index < -0.39 is 14.8 Å². The zero-order chi connectivity index (χ0) is 22.1. The van der Waals surface area contributed by atoms with Crippen LogP contribution in [0.5, 0.6) is 5.75 Å². The molecule has 0 spiro atoms. The van der Waals surface area contributed by atoms with E-state index in [4.69, 9.17) is 4.74 Å². The van der Waals surface area contributed by atoms with Crippen molar-refractivity contribution in [3.63, 3.8) is 0 Å². The van der Waals surface area contributed by atoms with Crippen molar-refractivity contribution in [2.24, 2.45) is 5.92 Å². The summed E-state index contributed by atoms with van der Waals surface area (Å²) in [5, 5.41) is 3.57. The molecule has 1 aromatic carbocycles. The van der Waals surface area contributed by atoms with Crippen LogP contribution in [0.2, 0.25) is 0 Å². The highest BCUT2D eigenvalue weighted by atomic mass is 32.2. The molecule has 1 unspecified atom stereocenters. The second kappa shape index (κ2) is 8.95. The molecule has 3 rings (SSSR count). The Morgan fingerprint density at radius 1 is 1.17 bits per heavy atom. The Balaban J connectivity index is 1.52. The maximum atomic E-state index is 12.4. The van der Waals surface area contributed by atoms with E-state index in [1.807, 2.05) is 0 Å². The first-order valence-corrected chi connectivity index (χ1v) is 12.8. The number of nitrogens with one attached hydrogen (secondary N) is 2. The molecule has 1 aromatic rings. The van der Waals surface area contributed by atoms with Gasteiger partial charge >= 0.3 is 0 Å².